The summed E-state index contributed by atoms with van der Waals surface area (Å²) < 4.78 is 0. The van der Waals surface area contributed by atoms with Gasteiger partial charge < -0.3 is 5.11 Å². The normalized spacial score (nSPS) is 15.0. The van der Waals surface area contributed by atoms with Crippen molar-refractivity contribution in [1.82, 2.24) is 9.97 Å². The van der Waals surface area contributed by atoms with Gasteiger partial charge in [-0.2, -0.15) is 0 Å². The minimum Gasteiger partial charge on any atom is -0.372 e. The van der Waals surface area contributed by atoms with Crippen molar-refractivity contribution < 1.29 is 5.11 Å². The Morgan fingerprint density at radius 1 is 1.10 bits per heavy atom. The van der Waals surface area contributed by atoms with Crippen molar-refractivity contribution in [3.8, 4) is 11.5 Å². The lowest BCUT2D eigenvalue weighted by molar-refractivity contribution is 0.117. The van der Waals surface area contributed by atoms with Crippen LogP contribution in [-0.2, 0) is 5.60 Å². The molecular formula is C17H28N2OSi. The first kappa shape index (κ1) is 17.9. The largest absolute Gasteiger partial charge is 0.372 e. The fourth-order valence-electron chi connectivity index (χ4n) is 3.31. The highest BCUT2D eigenvalue weighted by Gasteiger charge is 2.42. The van der Waals surface area contributed by atoms with Crippen molar-refractivity contribution in [1.29, 1.82) is 0 Å². The van der Waals surface area contributed by atoms with Crippen molar-refractivity contribution in [3.63, 3.8) is 0 Å². The van der Waals surface area contributed by atoms with Crippen LogP contribution in [0.5, 0.6) is 0 Å². The lowest BCUT2D eigenvalue weighted by Crippen LogP contribution is -2.43. The fraction of sp³-hybridized carbons (Fsp3) is 0.647. The first-order valence-corrected chi connectivity index (χ1v) is 9.91. The van der Waals surface area contributed by atoms with Gasteiger partial charge >= 0.3 is 0 Å². The van der Waals surface area contributed by atoms with E-state index in [1.54, 1.807) is 19.2 Å². The van der Waals surface area contributed by atoms with Gasteiger partial charge in [-0.05, 0) is 29.6 Å². The summed E-state index contributed by atoms with van der Waals surface area (Å²) >= 11 is 0. The zero-order chi connectivity index (χ0) is 16.3. The zero-order valence-corrected chi connectivity index (χ0v) is 15.3. The molecule has 4 heteroatoms. The van der Waals surface area contributed by atoms with Crippen molar-refractivity contribution in [2.75, 3.05) is 0 Å². The molecule has 0 radical (unpaired) electrons. The third-order valence-corrected chi connectivity index (χ3v) is 10.8. The van der Waals surface area contributed by atoms with Gasteiger partial charge in [0.15, 0.2) is 5.60 Å². The van der Waals surface area contributed by atoms with Crippen LogP contribution in [0.15, 0.2) is 18.6 Å². The molecule has 1 atom stereocenters. The molecule has 0 fully saturated rings. The maximum absolute atomic E-state index is 10.7. The number of aliphatic hydroxyl groups is 1. The summed E-state index contributed by atoms with van der Waals surface area (Å²) in [6.07, 6.45) is 3.08. The molecule has 0 aliphatic carbocycles. The molecule has 116 valence electrons. The Hall–Kier alpha value is -1.18. The average Bonchev–Trinajstić information content (AvgIpc) is 2.39. The van der Waals surface area contributed by atoms with E-state index in [9.17, 15) is 5.11 Å². The molecule has 1 aromatic rings. The van der Waals surface area contributed by atoms with Gasteiger partial charge in [0.05, 0.1) is 5.69 Å². The number of aromatic nitrogens is 2. The lowest BCUT2D eigenvalue weighted by atomic mass is 10.0. The fourth-order valence-corrected chi connectivity index (χ4v) is 8.63. The first-order chi connectivity index (χ1) is 9.64. The van der Waals surface area contributed by atoms with E-state index in [1.165, 1.54) is 6.33 Å². The maximum Gasteiger partial charge on any atom is 0.164 e. The average molecular weight is 305 g/mol. The highest BCUT2D eigenvalue weighted by molar-refractivity contribution is 6.90. The van der Waals surface area contributed by atoms with E-state index < -0.39 is 13.7 Å². The van der Waals surface area contributed by atoms with E-state index in [0.717, 1.165) is 0 Å². The van der Waals surface area contributed by atoms with Crippen molar-refractivity contribution in [2.45, 2.75) is 70.7 Å². The van der Waals surface area contributed by atoms with Crippen LogP contribution in [0.3, 0.4) is 0 Å². The first-order valence-electron chi connectivity index (χ1n) is 7.67. The van der Waals surface area contributed by atoms with E-state index in [1.807, 2.05) is 0 Å². The molecule has 0 aliphatic rings. The molecule has 1 N–H and O–H groups in total. The number of nitrogens with zero attached hydrogens (tertiary/aromatic N) is 2. The molecule has 0 bridgehead atoms. The van der Waals surface area contributed by atoms with Crippen LogP contribution in [-0.4, -0.2) is 23.1 Å². The Morgan fingerprint density at radius 3 is 2.00 bits per heavy atom. The lowest BCUT2D eigenvalue weighted by Gasteiger charge is -2.38. The minimum absolute atomic E-state index is 0.547. The highest BCUT2D eigenvalue weighted by Crippen LogP contribution is 2.41. The van der Waals surface area contributed by atoms with Crippen molar-refractivity contribution in [3.05, 3.63) is 24.3 Å². The van der Waals surface area contributed by atoms with Crippen LogP contribution >= 0.6 is 0 Å². The minimum atomic E-state index is -1.83. The molecule has 1 rings (SSSR count). The Morgan fingerprint density at radius 2 is 1.62 bits per heavy atom. The maximum atomic E-state index is 10.7. The Kier molecular flexibility index (Phi) is 5.72. The number of hydrogen-bond donors (Lipinski definition) is 1. The highest BCUT2D eigenvalue weighted by atomic mass is 28.3. The quantitative estimate of drug-likeness (QED) is 0.677. The van der Waals surface area contributed by atoms with Crippen LogP contribution in [0.1, 0.15) is 54.2 Å². The second kappa shape index (κ2) is 6.72. The second-order valence-electron chi connectivity index (χ2n) is 6.81. The third-order valence-electron chi connectivity index (χ3n) is 4.47. The molecule has 0 saturated carbocycles. The van der Waals surface area contributed by atoms with Crippen molar-refractivity contribution >= 4 is 8.07 Å². The van der Waals surface area contributed by atoms with Gasteiger partial charge in [0.1, 0.15) is 14.4 Å². The predicted molar refractivity (Wildman–Crippen MR) is 90.4 cm³/mol. The SMILES string of the molecule is CC(C)[Si](C#CC(C)(O)c1ccncn1)(C(C)C)C(C)C. The third kappa shape index (κ3) is 3.72. The molecule has 0 aliphatic heterocycles. The van der Waals surface area contributed by atoms with Gasteiger partial charge in [0.25, 0.3) is 0 Å². The van der Waals surface area contributed by atoms with E-state index in [-0.39, 0.29) is 0 Å². The molecule has 0 saturated heterocycles. The van der Waals surface area contributed by atoms with Gasteiger partial charge in [0, 0.05) is 6.20 Å². The molecule has 1 heterocycles. The summed E-state index contributed by atoms with van der Waals surface area (Å²) in [7, 11) is -1.83. The van der Waals surface area contributed by atoms with Crippen LogP contribution in [0.2, 0.25) is 16.6 Å². The molecule has 0 aromatic carbocycles. The smallest absolute Gasteiger partial charge is 0.164 e. The summed E-state index contributed by atoms with van der Waals surface area (Å²) in [4.78, 5) is 8.03. The van der Waals surface area contributed by atoms with Gasteiger partial charge in [-0.1, -0.05) is 47.5 Å². The van der Waals surface area contributed by atoms with Crippen LogP contribution in [0, 0.1) is 11.5 Å². The Bertz CT molecular complexity index is 491. The van der Waals surface area contributed by atoms with Crippen molar-refractivity contribution in [2.24, 2.45) is 0 Å². The standard InChI is InChI=1S/C17H28N2OSi/c1-13(2)21(14(3)4,15(5)6)11-9-17(7,20)16-8-10-18-12-19-16/h8,10,12-15,20H,1-7H3. The zero-order valence-electron chi connectivity index (χ0n) is 14.3. The Balaban J connectivity index is 3.28. The summed E-state index contributed by atoms with van der Waals surface area (Å²) in [5.41, 5.74) is 4.53. The topological polar surface area (TPSA) is 46.0 Å². The van der Waals surface area contributed by atoms with E-state index in [0.29, 0.717) is 22.3 Å². The van der Waals surface area contributed by atoms with E-state index in [2.05, 4.69) is 63.0 Å². The number of hydrogen-bond acceptors (Lipinski definition) is 3. The molecule has 0 spiro atoms. The van der Waals surface area contributed by atoms with Crippen LogP contribution < -0.4 is 0 Å². The monoisotopic (exact) mass is 304 g/mol. The second-order valence-corrected chi connectivity index (χ2v) is 12.4. The summed E-state index contributed by atoms with van der Waals surface area (Å²) in [5.74, 6) is 3.14. The summed E-state index contributed by atoms with van der Waals surface area (Å²) in [5, 5.41) is 10.7. The molecule has 21 heavy (non-hydrogen) atoms. The molecule has 0 amide bonds. The van der Waals surface area contributed by atoms with E-state index >= 15 is 0 Å². The molecule has 3 nitrogen and oxygen atoms in total. The number of rotatable bonds is 4. The van der Waals surface area contributed by atoms with Gasteiger partial charge in [-0.25, -0.2) is 9.97 Å². The summed E-state index contributed by atoms with van der Waals surface area (Å²) in [6, 6.07) is 1.72. The summed E-state index contributed by atoms with van der Waals surface area (Å²) in [6.45, 7) is 15.3. The van der Waals surface area contributed by atoms with Gasteiger partial charge in [-0.3, -0.25) is 0 Å². The molecular weight excluding hydrogens is 276 g/mol. The van der Waals surface area contributed by atoms with Gasteiger partial charge in [0.2, 0.25) is 0 Å². The molecule has 1 unspecified atom stereocenters. The van der Waals surface area contributed by atoms with Gasteiger partial charge in [-0.15, -0.1) is 5.54 Å². The van der Waals surface area contributed by atoms with E-state index in [4.69, 9.17) is 0 Å². The molecule has 1 aromatic heterocycles. The predicted octanol–water partition coefficient (Wildman–Crippen LogP) is 3.91. The van der Waals surface area contributed by atoms with Crippen LogP contribution in [0.25, 0.3) is 0 Å². The Labute approximate surface area is 130 Å². The van der Waals surface area contributed by atoms with Crippen LogP contribution in [0.4, 0.5) is 0 Å².